The normalized spacial score (nSPS) is 13.2. The van der Waals surface area contributed by atoms with Crippen LogP contribution in [0.5, 0.6) is 0 Å². The minimum atomic E-state index is -2.82. The van der Waals surface area contributed by atoms with Crippen molar-refractivity contribution in [1.82, 2.24) is 0 Å². The summed E-state index contributed by atoms with van der Waals surface area (Å²) >= 11 is 0. The molecule has 4 heteroatoms. The van der Waals surface area contributed by atoms with Crippen LogP contribution in [-0.2, 0) is 9.09 Å². The molecule has 0 fully saturated rings. The van der Waals surface area contributed by atoms with E-state index in [4.69, 9.17) is 4.89 Å². The predicted octanol–water partition coefficient (Wildman–Crippen LogP) is 2.58. The van der Waals surface area contributed by atoms with Gasteiger partial charge in [0.15, 0.2) is 0 Å². The van der Waals surface area contributed by atoms with E-state index in [1.165, 1.54) is 6.26 Å². The Morgan fingerprint density at radius 3 is 2.00 bits per heavy atom. The molecule has 0 amide bonds. The largest absolute Gasteiger partial charge is 0.434 e. The molecule has 1 atom stereocenters. The predicted molar refractivity (Wildman–Crippen MR) is 50.1 cm³/mol. The standard InChI is InChI=1S/C8H17O3P/c1-6(2)8(7(3)4)5-11-12(9)10/h5-7,12H,1-4H3,(H,9,10). The van der Waals surface area contributed by atoms with Gasteiger partial charge in [0.25, 0.3) is 0 Å². The van der Waals surface area contributed by atoms with Crippen LogP contribution in [0.2, 0.25) is 0 Å². The first-order valence-corrected chi connectivity index (χ1v) is 5.31. The van der Waals surface area contributed by atoms with Gasteiger partial charge in [-0.15, -0.1) is 0 Å². The molecule has 0 aromatic heterocycles. The second-order valence-corrected chi connectivity index (χ2v) is 4.08. The fraction of sp³-hybridized carbons (Fsp3) is 0.750. The smallest absolute Gasteiger partial charge is 0.364 e. The molecule has 0 bridgehead atoms. The van der Waals surface area contributed by atoms with Crippen molar-refractivity contribution in [1.29, 1.82) is 0 Å². The number of allylic oxidation sites excluding steroid dienone is 1. The first kappa shape index (κ1) is 11.7. The molecule has 72 valence electrons. The van der Waals surface area contributed by atoms with E-state index in [9.17, 15) is 4.57 Å². The van der Waals surface area contributed by atoms with Gasteiger partial charge in [-0.05, 0) is 17.4 Å². The van der Waals surface area contributed by atoms with Gasteiger partial charge in [0.1, 0.15) is 0 Å². The molecule has 0 aromatic carbocycles. The minimum Gasteiger partial charge on any atom is -0.434 e. The lowest BCUT2D eigenvalue weighted by Gasteiger charge is -2.14. The molecular weight excluding hydrogens is 175 g/mol. The fourth-order valence-electron chi connectivity index (χ4n) is 1.06. The third-order valence-corrected chi connectivity index (χ3v) is 1.95. The van der Waals surface area contributed by atoms with Crippen LogP contribution in [0.15, 0.2) is 11.8 Å². The zero-order chi connectivity index (χ0) is 9.72. The van der Waals surface area contributed by atoms with Crippen LogP contribution in [0, 0.1) is 11.8 Å². The Bertz CT molecular complexity index is 175. The molecule has 0 spiro atoms. The summed E-state index contributed by atoms with van der Waals surface area (Å²) in [5, 5.41) is 0. The van der Waals surface area contributed by atoms with E-state index >= 15 is 0 Å². The highest BCUT2D eigenvalue weighted by atomic mass is 31.1. The Morgan fingerprint density at radius 2 is 1.75 bits per heavy atom. The van der Waals surface area contributed by atoms with Crippen molar-refractivity contribution in [3.63, 3.8) is 0 Å². The Kier molecular flexibility index (Phi) is 5.27. The van der Waals surface area contributed by atoms with Gasteiger partial charge in [-0.25, -0.2) is 4.57 Å². The van der Waals surface area contributed by atoms with Crippen molar-refractivity contribution in [3.8, 4) is 0 Å². The van der Waals surface area contributed by atoms with Crippen molar-refractivity contribution >= 4 is 8.25 Å². The average Bonchev–Trinajstić information content (AvgIpc) is 1.84. The van der Waals surface area contributed by atoms with E-state index in [1.807, 2.05) is 27.7 Å². The van der Waals surface area contributed by atoms with E-state index in [2.05, 4.69) is 4.52 Å². The van der Waals surface area contributed by atoms with Crippen LogP contribution < -0.4 is 0 Å². The topological polar surface area (TPSA) is 46.5 Å². The van der Waals surface area contributed by atoms with Crippen LogP contribution in [-0.4, -0.2) is 4.89 Å². The molecular formula is C8H17O3P. The maximum absolute atomic E-state index is 10.3. The molecule has 0 saturated carbocycles. The molecule has 0 aliphatic rings. The van der Waals surface area contributed by atoms with E-state index < -0.39 is 8.25 Å². The molecule has 0 heterocycles. The molecule has 0 aromatic rings. The molecule has 0 aliphatic carbocycles. The van der Waals surface area contributed by atoms with Crippen molar-refractivity contribution < 1.29 is 14.0 Å². The summed E-state index contributed by atoms with van der Waals surface area (Å²) in [6, 6.07) is 0. The summed E-state index contributed by atoms with van der Waals surface area (Å²) in [6.07, 6.45) is 1.41. The van der Waals surface area contributed by atoms with Crippen molar-refractivity contribution in [2.45, 2.75) is 27.7 Å². The second kappa shape index (κ2) is 5.39. The summed E-state index contributed by atoms with van der Waals surface area (Å²) in [4.78, 5) is 8.44. The van der Waals surface area contributed by atoms with Gasteiger partial charge < -0.3 is 9.42 Å². The number of rotatable bonds is 4. The van der Waals surface area contributed by atoms with E-state index in [-0.39, 0.29) is 0 Å². The Morgan fingerprint density at radius 1 is 1.33 bits per heavy atom. The van der Waals surface area contributed by atoms with Gasteiger partial charge in [0.05, 0.1) is 6.26 Å². The van der Waals surface area contributed by atoms with Gasteiger partial charge in [0.2, 0.25) is 0 Å². The van der Waals surface area contributed by atoms with E-state index in [0.717, 1.165) is 5.57 Å². The van der Waals surface area contributed by atoms with Crippen LogP contribution in [0.3, 0.4) is 0 Å². The molecule has 12 heavy (non-hydrogen) atoms. The Labute approximate surface area is 74.4 Å². The van der Waals surface area contributed by atoms with E-state index in [0.29, 0.717) is 11.8 Å². The minimum absolute atomic E-state index is 0.353. The summed E-state index contributed by atoms with van der Waals surface area (Å²) in [5.41, 5.74) is 1.06. The Balaban J connectivity index is 4.29. The van der Waals surface area contributed by atoms with Crippen LogP contribution >= 0.6 is 8.25 Å². The monoisotopic (exact) mass is 192 g/mol. The summed E-state index contributed by atoms with van der Waals surface area (Å²) in [5.74, 6) is 0.706. The van der Waals surface area contributed by atoms with Crippen molar-refractivity contribution in [2.24, 2.45) is 11.8 Å². The number of hydrogen-bond donors (Lipinski definition) is 1. The fourth-order valence-corrected chi connectivity index (χ4v) is 1.29. The van der Waals surface area contributed by atoms with Gasteiger partial charge in [0, 0.05) is 0 Å². The third kappa shape index (κ3) is 4.58. The van der Waals surface area contributed by atoms with Gasteiger partial charge in [-0.1, -0.05) is 27.7 Å². The highest BCUT2D eigenvalue weighted by Crippen LogP contribution is 2.23. The zero-order valence-corrected chi connectivity index (χ0v) is 9.00. The Hall–Kier alpha value is -0.270. The van der Waals surface area contributed by atoms with Crippen LogP contribution in [0.4, 0.5) is 0 Å². The SMILES string of the molecule is CC(C)C(=CO[PH](=O)O)C(C)C. The number of hydrogen-bond acceptors (Lipinski definition) is 2. The second-order valence-electron chi connectivity index (χ2n) is 3.31. The summed E-state index contributed by atoms with van der Waals surface area (Å²) in [7, 11) is -2.82. The van der Waals surface area contributed by atoms with Crippen LogP contribution in [0.1, 0.15) is 27.7 Å². The quantitative estimate of drug-likeness (QED) is 0.550. The van der Waals surface area contributed by atoms with Gasteiger partial charge in [-0.3, -0.25) is 0 Å². The van der Waals surface area contributed by atoms with Gasteiger partial charge in [-0.2, -0.15) is 0 Å². The molecule has 0 aliphatic heterocycles. The van der Waals surface area contributed by atoms with Crippen LogP contribution in [0.25, 0.3) is 0 Å². The zero-order valence-electron chi connectivity index (χ0n) is 8.00. The van der Waals surface area contributed by atoms with Gasteiger partial charge >= 0.3 is 8.25 Å². The molecule has 3 nitrogen and oxygen atoms in total. The molecule has 1 N–H and O–H groups in total. The molecule has 0 saturated heterocycles. The maximum atomic E-state index is 10.3. The first-order chi connectivity index (χ1) is 5.45. The summed E-state index contributed by atoms with van der Waals surface area (Å²) in [6.45, 7) is 8.13. The third-order valence-electron chi connectivity index (χ3n) is 1.63. The molecule has 1 unspecified atom stereocenters. The van der Waals surface area contributed by atoms with Crippen molar-refractivity contribution in [3.05, 3.63) is 11.8 Å². The first-order valence-electron chi connectivity index (χ1n) is 4.04. The van der Waals surface area contributed by atoms with Crippen molar-refractivity contribution in [2.75, 3.05) is 0 Å². The average molecular weight is 192 g/mol. The maximum Gasteiger partial charge on any atom is 0.364 e. The lowest BCUT2D eigenvalue weighted by Crippen LogP contribution is -2.01. The summed E-state index contributed by atoms with van der Waals surface area (Å²) < 4.78 is 14.8. The molecule has 0 radical (unpaired) electrons. The highest BCUT2D eigenvalue weighted by Gasteiger charge is 2.08. The lowest BCUT2D eigenvalue weighted by atomic mass is 9.94. The highest BCUT2D eigenvalue weighted by molar-refractivity contribution is 7.32. The molecule has 0 rings (SSSR count). The van der Waals surface area contributed by atoms with E-state index in [1.54, 1.807) is 0 Å². The lowest BCUT2D eigenvalue weighted by molar-refractivity contribution is 0.369.